The Balaban J connectivity index is 2.26. The normalized spacial score (nSPS) is 12.2. The van der Waals surface area contributed by atoms with Gasteiger partial charge >= 0.3 is 0 Å². The van der Waals surface area contributed by atoms with Crippen LogP contribution in [0.25, 0.3) is 22.5 Å². The largest absolute Gasteiger partial charge is 0.546 e. The molecule has 0 saturated carbocycles. The van der Waals surface area contributed by atoms with E-state index in [9.17, 15) is 14.7 Å². The summed E-state index contributed by atoms with van der Waals surface area (Å²) in [4.78, 5) is 23.4. The van der Waals surface area contributed by atoms with E-state index >= 15 is 0 Å². The van der Waals surface area contributed by atoms with Gasteiger partial charge in [0, 0.05) is 0 Å². The number of carboxylic acids is 1. The second-order valence-electron chi connectivity index (χ2n) is 4.64. The second kappa shape index (κ2) is 5.40. The molecule has 3 aromatic rings. The number of furan rings is 1. The van der Waals surface area contributed by atoms with Gasteiger partial charge in [-0.15, -0.1) is 0 Å². The topological polar surface area (TPSA) is 92.7 Å². The van der Waals surface area contributed by atoms with Crippen LogP contribution in [-0.2, 0) is 4.79 Å². The van der Waals surface area contributed by atoms with E-state index in [1.165, 1.54) is 13.2 Å². The molecule has 0 N–H and O–H groups in total. The minimum absolute atomic E-state index is 0.0433. The lowest BCUT2D eigenvalue weighted by Gasteiger charge is -2.16. The molecule has 0 amide bonds. The van der Waals surface area contributed by atoms with Crippen molar-refractivity contribution < 1.29 is 23.5 Å². The number of hydrogen-bond donors (Lipinski definition) is 0. The maximum Gasteiger partial charge on any atom is 0.235 e. The average Bonchev–Trinajstić information content (AvgIpc) is 3.04. The van der Waals surface area contributed by atoms with Crippen LogP contribution >= 0.6 is 0 Å². The van der Waals surface area contributed by atoms with Gasteiger partial charge in [0.15, 0.2) is 5.76 Å². The zero-order chi connectivity index (χ0) is 15.7. The van der Waals surface area contributed by atoms with Gasteiger partial charge in [-0.25, -0.2) is 0 Å². The molecular formula is C16H11O6-. The van der Waals surface area contributed by atoms with Crippen molar-refractivity contribution >= 4 is 16.9 Å². The molecule has 3 rings (SSSR count). The molecule has 0 fully saturated rings. The highest BCUT2D eigenvalue weighted by Crippen LogP contribution is 2.31. The summed E-state index contributed by atoms with van der Waals surface area (Å²) in [6, 6.07) is 9.82. The van der Waals surface area contributed by atoms with Crippen molar-refractivity contribution in [1.82, 2.24) is 0 Å². The van der Waals surface area contributed by atoms with Crippen LogP contribution in [0.15, 0.2) is 56.3 Å². The van der Waals surface area contributed by atoms with Crippen LogP contribution in [0, 0.1) is 0 Å². The Morgan fingerprint density at radius 3 is 2.68 bits per heavy atom. The molecule has 0 saturated heterocycles. The fourth-order valence-electron chi connectivity index (χ4n) is 2.03. The Morgan fingerprint density at radius 1 is 1.23 bits per heavy atom. The minimum atomic E-state index is -1.43. The number of carbonyl (C=O) groups is 1. The first kappa shape index (κ1) is 13.9. The first-order chi connectivity index (χ1) is 10.6. The highest BCUT2D eigenvalue weighted by molar-refractivity contribution is 5.81. The molecule has 6 heteroatoms. The number of rotatable bonds is 4. The third-order valence-corrected chi connectivity index (χ3v) is 3.13. The first-order valence-electron chi connectivity index (χ1n) is 6.55. The van der Waals surface area contributed by atoms with E-state index in [1.54, 1.807) is 36.4 Å². The Kier molecular flexibility index (Phi) is 3.42. The fraction of sp³-hybridized carbons (Fsp3) is 0.125. The number of fused-ring (bicyclic) bond motifs is 1. The summed E-state index contributed by atoms with van der Waals surface area (Å²) in [5, 5.41) is 11.2. The SMILES string of the molecule is C[C@H](Oc1c(-c2ccco2)oc2ccccc2c1=O)C(=O)[O-]. The molecule has 2 aromatic heterocycles. The van der Waals surface area contributed by atoms with Gasteiger partial charge in [0.25, 0.3) is 0 Å². The predicted molar refractivity (Wildman–Crippen MR) is 75.3 cm³/mol. The molecule has 22 heavy (non-hydrogen) atoms. The Hall–Kier alpha value is -3.02. The summed E-state index contributed by atoms with van der Waals surface area (Å²) >= 11 is 0. The van der Waals surface area contributed by atoms with E-state index in [0.717, 1.165) is 0 Å². The lowest BCUT2D eigenvalue weighted by molar-refractivity contribution is -0.312. The van der Waals surface area contributed by atoms with Crippen molar-refractivity contribution in [3.63, 3.8) is 0 Å². The smallest absolute Gasteiger partial charge is 0.235 e. The summed E-state index contributed by atoms with van der Waals surface area (Å²) in [5.74, 6) is -1.34. The molecule has 1 aromatic carbocycles. The van der Waals surface area contributed by atoms with Crippen LogP contribution in [0.3, 0.4) is 0 Å². The maximum atomic E-state index is 12.6. The average molecular weight is 299 g/mol. The van der Waals surface area contributed by atoms with Crippen LogP contribution < -0.4 is 15.3 Å². The van der Waals surface area contributed by atoms with Crippen LogP contribution in [0.1, 0.15) is 6.92 Å². The third kappa shape index (κ3) is 2.35. The van der Waals surface area contributed by atoms with E-state index in [-0.39, 0.29) is 17.3 Å². The van der Waals surface area contributed by atoms with Crippen LogP contribution in [0.2, 0.25) is 0 Å². The van der Waals surface area contributed by atoms with Crippen LogP contribution in [-0.4, -0.2) is 12.1 Å². The van der Waals surface area contributed by atoms with Crippen molar-refractivity contribution in [2.24, 2.45) is 0 Å². The standard InChI is InChI=1S/C16H12O6/c1-9(16(18)19)21-15-13(17)10-5-2-3-6-11(10)22-14(15)12-7-4-8-20-12/h2-9H,1H3,(H,18,19)/p-1/t9-/m0/s1. The van der Waals surface area contributed by atoms with Crippen molar-refractivity contribution in [3.05, 3.63) is 52.9 Å². The highest BCUT2D eigenvalue weighted by atomic mass is 16.5. The molecule has 0 spiro atoms. The first-order valence-corrected chi connectivity index (χ1v) is 6.55. The van der Waals surface area contributed by atoms with Gasteiger partial charge < -0.3 is 23.5 Å². The summed E-state index contributed by atoms with van der Waals surface area (Å²) in [7, 11) is 0. The number of carbonyl (C=O) groups excluding carboxylic acids is 1. The second-order valence-corrected chi connectivity index (χ2v) is 4.64. The molecule has 0 aliphatic carbocycles. The van der Waals surface area contributed by atoms with E-state index in [2.05, 4.69) is 0 Å². The third-order valence-electron chi connectivity index (χ3n) is 3.13. The molecule has 6 nitrogen and oxygen atoms in total. The van der Waals surface area contributed by atoms with Gasteiger partial charge in [0.1, 0.15) is 11.7 Å². The summed E-state index contributed by atoms with van der Waals surface area (Å²) in [6.45, 7) is 1.27. The van der Waals surface area contributed by atoms with Gasteiger partial charge in [-0.1, -0.05) is 12.1 Å². The van der Waals surface area contributed by atoms with E-state index in [1.807, 2.05) is 0 Å². The van der Waals surface area contributed by atoms with Crippen molar-refractivity contribution in [2.75, 3.05) is 0 Å². The van der Waals surface area contributed by atoms with Gasteiger partial charge in [-0.3, -0.25) is 4.79 Å². The van der Waals surface area contributed by atoms with Crippen LogP contribution in [0.5, 0.6) is 5.75 Å². The molecular weight excluding hydrogens is 288 g/mol. The fourth-order valence-corrected chi connectivity index (χ4v) is 2.03. The summed E-state index contributed by atoms with van der Waals surface area (Å²) in [5.41, 5.74) is -0.117. The Bertz CT molecular complexity index is 875. The molecule has 0 unspecified atom stereocenters. The number of aliphatic carboxylic acids is 1. The van der Waals surface area contributed by atoms with Gasteiger partial charge in [-0.2, -0.15) is 0 Å². The lowest BCUT2D eigenvalue weighted by Crippen LogP contribution is -2.38. The van der Waals surface area contributed by atoms with E-state index in [0.29, 0.717) is 11.0 Å². The number of benzene rings is 1. The predicted octanol–water partition coefficient (Wildman–Crippen LogP) is 1.57. The quantitative estimate of drug-likeness (QED) is 0.726. The monoisotopic (exact) mass is 299 g/mol. The maximum absolute atomic E-state index is 12.6. The summed E-state index contributed by atoms with van der Waals surface area (Å²) in [6.07, 6.45) is 0.106. The van der Waals surface area contributed by atoms with E-state index < -0.39 is 17.5 Å². The summed E-state index contributed by atoms with van der Waals surface area (Å²) < 4.78 is 16.1. The minimum Gasteiger partial charge on any atom is -0.546 e. The molecule has 0 aliphatic rings. The zero-order valence-corrected chi connectivity index (χ0v) is 11.6. The molecule has 1 atom stereocenters. The number of carboxylic acid groups (broad SMARTS) is 1. The lowest BCUT2D eigenvalue weighted by atomic mass is 10.2. The molecule has 0 bridgehead atoms. The highest BCUT2D eigenvalue weighted by Gasteiger charge is 2.21. The number of para-hydroxylation sites is 1. The van der Waals surface area contributed by atoms with Gasteiger partial charge in [0.05, 0.1) is 17.6 Å². The van der Waals surface area contributed by atoms with E-state index in [4.69, 9.17) is 13.6 Å². The van der Waals surface area contributed by atoms with Crippen LogP contribution in [0.4, 0.5) is 0 Å². The van der Waals surface area contributed by atoms with Crippen molar-refractivity contribution in [1.29, 1.82) is 0 Å². The van der Waals surface area contributed by atoms with Gasteiger partial charge in [0.2, 0.25) is 16.9 Å². The molecule has 0 radical (unpaired) electrons. The van der Waals surface area contributed by atoms with Crippen molar-refractivity contribution in [2.45, 2.75) is 13.0 Å². The molecule has 0 aliphatic heterocycles. The Labute approximate surface area is 124 Å². The number of hydrogen-bond acceptors (Lipinski definition) is 6. The van der Waals surface area contributed by atoms with Gasteiger partial charge in [-0.05, 0) is 31.2 Å². The molecule has 2 heterocycles. The van der Waals surface area contributed by atoms with Crippen molar-refractivity contribution in [3.8, 4) is 17.3 Å². The number of ether oxygens (including phenoxy) is 1. The Morgan fingerprint density at radius 2 is 2.00 bits per heavy atom. The zero-order valence-electron chi connectivity index (χ0n) is 11.6. The molecule has 112 valence electrons.